The standard InChI is InChI=1S/C14H12N2O/c1-2-10-4-3-5-11(8-10)13-7-6-12(9-15)14(17)16-13/h3-8H,2H2,1H3,(H,16,17). The molecule has 0 spiro atoms. The Morgan fingerprint density at radius 3 is 2.76 bits per heavy atom. The number of nitrogens with one attached hydrogen (secondary N) is 1. The van der Waals surface area contributed by atoms with Crippen LogP contribution in [0.5, 0.6) is 0 Å². The largest absolute Gasteiger partial charge is 0.321 e. The van der Waals surface area contributed by atoms with Gasteiger partial charge in [-0.05, 0) is 35.7 Å². The van der Waals surface area contributed by atoms with Gasteiger partial charge in [0.15, 0.2) is 0 Å². The minimum absolute atomic E-state index is 0.139. The molecule has 1 aromatic heterocycles. The van der Waals surface area contributed by atoms with E-state index < -0.39 is 0 Å². The number of pyridine rings is 1. The average molecular weight is 224 g/mol. The lowest BCUT2D eigenvalue weighted by Crippen LogP contribution is -2.10. The van der Waals surface area contributed by atoms with Gasteiger partial charge in [0.2, 0.25) is 0 Å². The summed E-state index contributed by atoms with van der Waals surface area (Å²) in [6.07, 6.45) is 0.953. The van der Waals surface area contributed by atoms with E-state index in [1.165, 1.54) is 5.56 Å². The number of hydrogen-bond acceptors (Lipinski definition) is 2. The van der Waals surface area contributed by atoms with Crippen LogP contribution in [0.25, 0.3) is 11.3 Å². The fourth-order valence-corrected chi connectivity index (χ4v) is 1.69. The maximum absolute atomic E-state index is 11.5. The Morgan fingerprint density at radius 1 is 1.29 bits per heavy atom. The molecule has 0 fully saturated rings. The Bertz CT molecular complexity index is 635. The van der Waals surface area contributed by atoms with Crippen molar-refractivity contribution in [3.63, 3.8) is 0 Å². The lowest BCUT2D eigenvalue weighted by atomic mass is 10.1. The molecule has 17 heavy (non-hydrogen) atoms. The van der Waals surface area contributed by atoms with Gasteiger partial charge in [-0.3, -0.25) is 4.79 Å². The molecular formula is C14H12N2O. The van der Waals surface area contributed by atoms with Crippen molar-refractivity contribution >= 4 is 0 Å². The van der Waals surface area contributed by atoms with E-state index in [0.29, 0.717) is 0 Å². The van der Waals surface area contributed by atoms with Crippen LogP contribution in [0.15, 0.2) is 41.2 Å². The predicted octanol–water partition coefficient (Wildman–Crippen LogP) is 2.48. The van der Waals surface area contributed by atoms with Crippen molar-refractivity contribution in [3.05, 3.63) is 57.9 Å². The van der Waals surface area contributed by atoms with Crippen molar-refractivity contribution in [1.29, 1.82) is 5.26 Å². The number of benzene rings is 1. The Labute approximate surface area is 99.4 Å². The van der Waals surface area contributed by atoms with E-state index >= 15 is 0 Å². The third-order valence-corrected chi connectivity index (χ3v) is 2.68. The van der Waals surface area contributed by atoms with Crippen molar-refractivity contribution in [2.45, 2.75) is 13.3 Å². The average Bonchev–Trinajstić information content (AvgIpc) is 2.38. The first-order chi connectivity index (χ1) is 8.24. The molecule has 0 saturated carbocycles. The highest BCUT2D eigenvalue weighted by molar-refractivity contribution is 5.60. The maximum atomic E-state index is 11.5. The number of hydrogen-bond donors (Lipinski definition) is 1. The molecule has 0 atom stereocenters. The zero-order chi connectivity index (χ0) is 12.3. The first-order valence-corrected chi connectivity index (χ1v) is 5.47. The molecule has 2 aromatic rings. The summed E-state index contributed by atoms with van der Waals surface area (Å²) in [6, 6.07) is 13.1. The summed E-state index contributed by atoms with van der Waals surface area (Å²) < 4.78 is 0. The van der Waals surface area contributed by atoms with E-state index in [4.69, 9.17) is 5.26 Å². The Balaban J connectivity index is 2.50. The second-order valence-corrected chi connectivity index (χ2v) is 3.78. The molecule has 0 aliphatic rings. The van der Waals surface area contributed by atoms with Gasteiger partial charge in [-0.15, -0.1) is 0 Å². The minimum atomic E-state index is -0.341. The van der Waals surface area contributed by atoms with E-state index in [1.54, 1.807) is 12.1 Å². The van der Waals surface area contributed by atoms with Crippen molar-refractivity contribution in [2.24, 2.45) is 0 Å². The van der Waals surface area contributed by atoms with Crippen LogP contribution in [-0.4, -0.2) is 4.98 Å². The van der Waals surface area contributed by atoms with Gasteiger partial charge in [0.25, 0.3) is 5.56 Å². The number of aromatic amines is 1. The number of aryl methyl sites for hydroxylation is 1. The number of nitrogens with zero attached hydrogens (tertiary/aromatic N) is 1. The van der Waals surface area contributed by atoms with Crippen LogP contribution in [0.2, 0.25) is 0 Å². The molecule has 1 heterocycles. The molecule has 84 valence electrons. The summed E-state index contributed by atoms with van der Waals surface area (Å²) in [4.78, 5) is 14.2. The monoisotopic (exact) mass is 224 g/mol. The number of H-pyrrole nitrogens is 1. The van der Waals surface area contributed by atoms with Crippen LogP contribution in [0.1, 0.15) is 18.1 Å². The van der Waals surface area contributed by atoms with Gasteiger partial charge in [0, 0.05) is 5.69 Å². The van der Waals surface area contributed by atoms with E-state index in [2.05, 4.69) is 11.9 Å². The third kappa shape index (κ3) is 2.26. The molecular weight excluding hydrogens is 212 g/mol. The fraction of sp³-hybridized carbons (Fsp3) is 0.143. The Morgan fingerprint density at radius 2 is 2.12 bits per heavy atom. The fourth-order valence-electron chi connectivity index (χ4n) is 1.69. The topological polar surface area (TPSA) is 56.6 Å². The number of rotatable bonds is 2. The zero-order valence-corrected chi connectivity index (χ0v) is 9.53. The van der Waals surface area contributed by atoms with Gasteiger partial charge in [-0.25, -0.2) is 0 Å². The van der Waals surface area contributed by atoms with Crippen molar-refractivity contribution in [3.8, 4) is 17.3 Å². The molecule has 3 heteroatoms. The van der Waals surface area contributed by atoms with Crippen LogP contribution in [0, 0.1) is 11.3 Å². The molecule has 1 aromatic carbocycles. The van der Waals surface area contributed by atoms with Gasteiger partial charge in [0.05, 0.1) is 0 Å². The van der Waals surface area contributed by atoms with Crippen LogP contribution in [0.4, 0.5) is 0 Å². The van der Waals surface area contributed by atoms with Crippen LogP contribution >= 0.6 is 0 Å². The predicted molar refractivity (Wildman–Crippen MR) is 66.6 cm³/mol. The Kier molecular flexibility index (Phi) is 3.06. The normalized spacial score (nSPS) is 9.88. The third-order valence-electron chi connectivity index (χ3n) is 2.68. The summed E-state index contributed by atoms with van der Waals surface area (Å²) in [5, 5.41) is 8.69. The number of aromatic nitrogens is 1. The summed E-state index contributed by atoms with van der Waals surface area (Å²) in [6.45, 7) is 2.08. The molecule has 0 saturated heterocycles. The lowest BCUT2D eigenvalue weighted by Gasteiger charge is -2.03. The van der Waals surface area contributed by atoms with Crippen LogP contribution in [-0.2, 0) is 6.42 Å². The first kappa shape index (κ1) is 11.2. The van der Waals surface area contributed by atoms with E-state index in [-0.39, 0.29) is 11.1 Å². The lowest BCUT2D eigenvalue weighted by molar-refractivity contribution is 1.14. The van der Waals surface area contributed by atoms with Gasteiger partial charge < -0.3 is 4.98 Å². The molecule has 3 nitrogen and oxygen atoms in total. The van der Waals surface area contributed by atoms with Gasteiger partial charge in [-0.2, -0.15) is 5.26 Å². The molecule has 0 aliphatic heterocycles. The summed E-state index contributed by atoms with van der Waals surface area (Å²) >= 11 is 0. The zero-order valence-electron chi connectivity index (χ0n) is 9.53. The second kappa shape index (κ2) is 4.67. The summed E-state index contributed by atoms with van der Waals surface area (Å²) in [5.74, 6) is 0. The van der Waals surface area contributed by atoms with Gasteiger partial charge in [-0.1, -0.05) is 25.1 Å². The van der Waals surface area contributed by atoms with E-state index in [0.717, 1.165) is 17.7 Å². The number of nitriles is 1. The quantitative estimate of drug-likeness (QED) is 0.851. The Hall–Kier alpha value is -2.34. The SMILES string of the molecule is CCc1cccc(-c2ccc(C#N)c(=O)[nH]2)c1. The molecule has 0 radical (unpaired) electrons. The minimum Gasteiger partial charge on any atom is -0.321 e. The van der Waals surface area contributed by atoms with Crippen LogP contribution in [0.3, 0.4) is 0 Å². The molecule has 0 amide bonds. The summed E-state index contributed by atoms with van der Waals surface area (Å²) in [5.41, 5.74) is 2.72. The highest BCUT2D eigenvalue weighted by Crippen LogP contribution is 2.17. The smallest absolute Gasteiger partial charge is 0.266 e. The summed E-state index contributed by atoms with van der Waals surface area (Å²) in [7, 11) is 0. The molecule has 1 N–H and O–H groups in total. The van der Waals surface area contributed by atoms with Gasteiger partial charge >= 0.3 is 0 Å². The van der Waals surface area contributed by atoms with Crippen LogP contribution < -0.4 is 5.56 Å². The molecule has 0 bridgehead atoms. The first-order valence-electron chi connectivity index (χ1n) is 5.47. The van der Waals surface area contributed by atoms with E-state index in [9.17, 15) is 4.79 Å². The van der Waals surface area contributed by atoms with Crippen molar-refractivity contribution in [1.82, 2.24) is 4.98 Å². The molecule has 0 aliphatic carbocycles. The molecule has 0 unspecified atom stereocenters. The maximum Gasteiger partial charge on any atom is 0.266 e. The van der Waals surface area contributed by atoms with Gasteiger partial charge in [0.1, 0.15) is 11.6 Å². The van der Waals surface area contributed by atoms with Crippen molar-refractivity contribution in [2.75, 3.05) is 0 Å². The van der Waals surface area contributed by atoms with E-state index in [1.807, 2.05) is 30.3 Å². The molecule has 2 rings (SSSR count). The second-order valence-electron chi connectivity index (χ2n) is 3.78. The van der Waals surface area contributed by atoms with Crippen molar-refractivity contribution < 1.29 is 0 Å². The highest BCUT2D eigenvalue weighted by atomic mass is 16.1. The highest BCUT2D eigenvalue weighted by Gasteiger charge is 2.02.